The quantitative estimate of drug-likeness (QED) is 0.572. The van der Waals surface area contributed by atoms with Gasteiger partial charge in [-0.05, 0) is 49.2 Å². The van der Waals surface area contributed by atoms with Gasteiger partial charge in [-0.15, -0.1) is 0 Å². The zero-order valence-electron chi connectivity index (χ0n) is 19.9. The van der Waals surface area contributed by atoms with Gasteiger partial charge in [0, 0.05) is 19.6 Å². The Morgan fingerprint density at radius 1 is 0.857 bits per heavy atom. The molecule has 1 saturated heterocycles. The third-order valence-corrected chi connectivity index (χ3v) is 7.21. The van der Waals surface area contributed by atoms with Gasteiger partial charge in [-0.2, -0.15) is 0 Å². The molecule has 1 fully saturated rings. The molecule has 2 aliphatic rings. The molecule has 1 N–H and O–H groups in total. The lowest BCUT2D eigenvalue weighted by atomic mass is 9.72. The highest BCUT2D eigenvalue weighted by Gasteiger charge is 2.42. The molecular formula is C29H31N3O3. The van der Waals surface area contributed by atoms with E-state index in [4.69, 9.17) is 4.74 Å². The summed E-state index contributed by atoms with van der Waals surface area (Å²) in [5, 5.41) is 3.20. The van der Waals surface area contributed by atoms with E-state index in [2.05, 4.69) is 22.3 Å². The molecule has 0 bridgehead atoms. The van der Waals surface area contributed by atoms with Crippen LogP contribution in [0.5, 0.6) is 5.75 Å². The summed E-state index contributed by atoms with van der Waals surface area (Å²) in [5.74, 6) is 0.827. The second-order valence-electron chi connectivity index (χ2n) is 9.26. The topological polar surface area (TPSA) is 61.9 Å². The standard InChI is InChI=1S/C29H31N3O3/c33-27-22-35-26-14-8-7-13-25(26)32(27)20-19-31-17-15-29(16-18-31,24-11-5-2-6-12-24)28(34)30-21-23-9-3-1-4-10-23/h1-14H,15-22H2,(H,30,34). The van der Waals surface area contributed by atoms with Gasteiger partial charge >= 0.3 is 0 Å². The fourth-order valence-corrected chi connectivity index (χ4v) is 5.15. The van der Waals surface area contributed by atoms with Crippen molar-refractivity contribution in [2.75, 3.05) is 37.7 Å². The Morgan fingerprint density at radius 3 is 2.26 bits per heavy atom. The average molecular weight is 470 g/mol. The van der Waals surface area contributed by atoms with Gasteiger partial charge in [-0.25, -0.2) is 0 Å². The van der Waals surface area contributed by atoms with Gasteiger partial charge in [0.2, 0.25) is 5.91 Å². The van der Waals surface area contributed by atoms with Crippen molar-refractivity contribution in [2.45, 2.75) is 24.8 Å². The van der Waals surface area contributed by atoms with Gasteiger partial charge in [-0.3, -0.25) is 9.59 Å². The summed E-state index contributed by atoms with van der Waals surface area (Å²) >= 11 is 0. The monoisotopic (exact) mass is 469 g/mol. The van der Waals surface area contributed by atoms with Gasteiger partial charge in [0.05, 0.1) is 11.1 Å². The molecule has 0 atom stereocenters. The minimum atomic E-state index is -0.548. The zero-order chi connectivity index (χ0) is 24.1. The lowest BCUT2D eigenvalue weighted by Crippen LogP contribution is -2.53. The Hall–Kier alpha value is -3.64. The summed E-state index contributed by atoms with van der Waals surface area (Å²) in [6.45, 7) is 3.57. The van der Waals surface area contributed by atoms with Crippen LogP contribution in [0.3, 0.4) is 0 Å². The van der Waals surface area contributed by atoms with Crippen molar-refractivity contribution < 1.29 is 14.3 Å². The van der Waals surface area contributed by atoms with Gasteiger partial charge in [0.15, 0.2) is 6.61 Å². The Morgan fingerprint density at radius 2 is 1.51 bits per heavy atom. The molecule has 0 aliphatic carbocycles. The number of hydrogen-bond donors (Lipinski definition) is 1. The number of nitrogens with one attached hydrogen (secondary N) is 1. The molecule has 3 aromatic rings. The maximum absolute atomic E-state index is 13.6. The van der Waals surface area contributed by atoms with E-state index in [0.717, 1.165) is 55.0 Å². The van der Waals surface area contributed by atoms with E-state index in [1.807, 2.05) is 77.7 Å². The first kappa shape index (κ1) is 23.1. The highest BCUT2D eigenvalue weighted by Crippen LogP contribution is 2.36. The smallest absolute Gasteiger partial charge is 0.265 e. The number of likely N-dealkylation sites (tertiary alicyclic amines) is 1. The molecule has 6 heteroatoms. The van der Waals surface area contributed by atoms with Crippen LogP contribution in [-0.4, -0.2) is 49.5 Å². The maximum atomic E-state index is 13.6. The molecule has 2 amide bonds. The normalized spacial score (nSPS) is 17.4. The molecule has 2 heterocycles. The molecule has 5 rings (SSSR count). The molecule has 180 valence electrons. The second-order valence-corrected chi connectivity index (χ2v) is 9.26. The van der Waals surface area contributed by atoms with Gasteiger partial charge in [0.1, 0.15) is 5.75 Å². The molecule has 3 aromatic carbocycles. The van der Waals surface area contributed by atoms with Crippen molar-refractivity contribution in [3.05, 3.63) is 96.1 Å². The molecule has 0 saturated carbocycles. The summed E-state index contributed by atoms with van der Waals surface area (Å²) in [7, 11) is 0. The van der Waals surface area contributed by atoms with Gasteiger partial charge in [-0.1, -0.05) is 72.8 Å². The van der Waals surface area contributed by atoms with Crippen molar-refractivity contribution in [1.82, 2.24) is 10.2 Å². The van der Waals surface area contributed by atoms with Crippen LogP contribution in [-0.2, 0) is 21.5 Å². The third kappa shape index (κ3) is 4.93. The fourth-order valence-electron chi connectivity index (χ4n) is 5.15. The first-order chi connectivity index (χ1) is 17.2. The lowest BCUT2D eigenvalue weighted by Gasteiger charge is -2.41. The van der Waals surface area contributed by atoms with Crippen molar-refractivity contribution in [2.24, 2.45) is 0 Å². The Balaban J connectivity index is 1.25. The number of ether oxygens (including phenoxy) is 1. The Labute approximate surface area is 206 Å². The van der Waals surface area contributed by atoms with Crippen LogP contribution in [0.25, 0.3) is 0 Å². The van der Waals surface area contributed by atoms with Crippen molar-refractivity contribution in [3.63, 3.8) is 0 Å². The first-order valence-electron chi connectivity index (χ1n) is 12.3. The molecule has 6 nitrogen and oxygen atoms in total. The minimum absolute atomic E-state index is 0.0142. The molecule has 2 aliphatic heterocycles. The number of hydrogen-bond acceptors (Lipinski definition) is 4. The summed E-state index contributed by atoms with van der Waals surface area (Å²) in [6, 6.07) is 27.9. The van der Waals surface area contributed by atoms with E-state index in [-0.39, 0.29) is 18.4 Å². The van der Waals surface area contributed by atoms with Crippen LogP contribution >= 0.6 is 0 Å². The largest absolute Gasteiger partial charge is 0.482 e. The van der Waals surface area contributed by atoms with Crippen LogP contribution < -0.4 is 15.0 Å². The molecule has 0 unspecified atom stereocenters. The number of fused-ring (bicyclic) bond motifs is 1. The molecule has 0 radical (unpaired) electrons. The number of piperidine rings is 1. The third-order valence-electron chi connectivity index (χ3n) is 7.21. The zero-order valence-corrected chi connectivity index (χ0v) is 19.9. The van der Waals surface area contributed by atoms with E-state index in [1.165, 1.54) is 0 Å². The van der Waals surface area contributed by atoms with Crippen molar-refractivity contribution in [1.29, 1.82) is 0 Å². The summed E-state index contributed by atoms with van der Waals surface area (Å²) in [6.07, 6.45) is 1.48. The van der Waals surface area contributed by atoms with Crippen LogP contribution in [0.1, 0.15) is 24.0 Å². The van der Waals surface area contributed by atoms with Crippen LogP contribution in [0, 0.1) is 0 Å². The summed E-state index contributed by atoms with van der Waals surface area (Å²) < 4.78 is 5.57. The number of nitrogens with zero attached hydrogens (tertiary/aromatic N) is 2. The fraction of sp³-hybridized carbons (Fsp3) is 0.310. The summed E-state index contributed by atoms with van der Waals surface area (Å²) in [5.41, 5.74) is 2.45. The lowest BCUT2D eigenvalue weighted by molar-refractivity contribution is -0.128. The minimum Gasteiger partial charge on any atom is -0.482 e. The predicted octanol–water partition coefficient (Wildman–Crippen LogP) is 3.76. The number of para-hydroxylation sites is 2. The SMILES string of the molecule is O=C1COc2ccccc2N1CCN1CCC(C(=O)NCc2ccccc2)(c2ccccc2)CC1. The van der Waals surface area contributed by atoms with E-state index >= 15 is 0 Å². The molecular weight excluding hydrogens is 438 g/mol. The highest BCUT2D eigenvalue weighted by molar-refractivity contribution is 5.97. The number of benzene rings is 3. The van der Waals surface area contributed by atoms with Gasteiger partial charge < -0.3 is 19.9 Å². The van der Waals surface area contributed by atoms with Gasteiger partial charge in [0.25, 0.3) is 5.91 Å². The summed E-state index contributed by atoms with van der Waals surface area (Å²) in [4.78, 5) is 30.3. The Kier molecular flexibility index (Phi) is 6.82. The van der Waals surface area contributed by atoms with Crippen LogP contribution in [0.2, 0.25) is 0 Å². The molecule has 35 heavy (non-hydrogen) atoms. The van der Waals surface area contributed by atoms with Crippen molar-refractivity contribution >= 4 is 17.5 Å². The number of anilines is 1. The van der Waals surface area contributed by atoms with Crippen molar-refractivity contribution in [3.8, 4) is 5.75 Å². The number of amides is 2. The van der Waals surface area contributed by atoms with Crippen LogP contribution in [0.15, 0.2) is 84.9 Å². The first-order valence-corrected chi connectivity index (χ1v) is 12.3. The van der Waals surface area contributed by atoms with Crippen LogP contribution in [0.4, 0.5) is 5.69 Å². The van der Waals surface area contributed by atoms with E-state index in [0.29, 0.717) is 13.1 Å². The maximum Gasteiger partial charge on any atom is 0.265 e. The average Bonchev–Trinajstić information content (AvgIpc) is 2.92. The van der Waals surface area contributed by atoms with E-state index < -0.39 is 5.41 Å². The number of carbonyl (C=O) groups is 2. The molecule has 0 aromatic heterocycles. The number of rotatable bonds is 7. The highest BCUT2D eigenvalue weighted by atomic mass is 16.5. The number of carbonyl (C=O) groups excluding carboxylic acids is 2. The van der Waals surface area contributed by atoms with E-state index in [1.54, 1.807) is 0 Å². The Bertz CT molecular complexity index is 1160. The van der Waals surface area contributed by atoms with E-state index in [9.17, 15) is 9.59 Å². The second kappa shape index (κ2) is 10.3. The predicted molar refractivity (Wildman–Crippen MR) is 136 cm³/mol. The molecule has 0 spiro atoms.